The fraction of sp³-hybridized carbons (Fsp3) is 0.0500. The van der Waals surface area contributed by atoms with Crippen LogP contribution in [0.15, 0.2) is 73.1 Å². The SMILES string of the molecule is Cc1ccc2ncccc2c1.O=Cc1ccc2ncccc2c1.O=[Se]=O. The van der Waals surface area contributed by atoms with E-state index in [1.54, 1.807) is 12.3 Å². The molecule has 6 heteroatoms. The van der Waals surface area contributed by atoms with Crippen LogP contribution in [0.25, 0.3) is 21.8 Å². The molecule has 0 saturated heterocycles. The zero-order valence-corrected chi connectivity index (χ0v) is 15.7. The fourth-order valence-electron chi connectivity index (χ4n) is 2.36. The number of aryl methyl sites for hydroxylation is 1. The Labute approximate surface area is 156 Å². The van der Waals surface area contributed by atoms with Crippen LogP contribution in [0.1, 0.15) is 15.9 Å². The minimum absolute atomic E-state index is 0.690. The second-order valence-electron chi connectivity index (χ2n) is 5.34. The summed E-state index contributed by atoms with van der Waals surface area (Å²) in [5, 5.41) is 2.22. The van der Waals surface area contributed by atoms with Crippen molar-refractivity contribution < 1.29 is 12.5 Å². The number of fused-ring (bicyclic) bond motifs is 2. The zero-order chi connectivity index (χ0) is 18.8. The molecule has 0 saturated carbocycles. The average Bonchev–Trinajstić information content (AvgIpc) is 2.68. The molecule has 0 aliphatic carbocycles. The van der Waals surface area contributed by atoms with E-state index in [4.69, 9.17) is 7.67 Å². The first kappa shape index (κ1) is 19.4. The third-order valence-electron chi connectivity index (χ3n) is 3.52. The van der Waals surface area contributed by atoms with Gasteiger partial charge in [0, 0.05) is 28.7 Å². The van der Waals surface area contributed by atoms with E-state index in [9.17, 15) is 4.79 Å². The summed E-state index contributed by atoms with van der Waals surface area (Å²) in [6.07, 6.45) is 4.40. The van der Waals surface area contributed by atoms with Gasteiger partial charge in [0.15, 0.2) is 0 Å². The standard InChI is InChI=1S/C10H7NO.C10H9N.O2Se/c12-7-8-3-4-10-9(6-8)2-1-5-11-10;1-8-4-5-10-9(7-8)3-2-6-11-10;1-3-2/h1-7H;2-7H,1H3;. The van der Waals surface area contributed by atoms with Crippen LogP contribution in [-0.4, -0.2) is 31.1 Å². The maximum atomic E-state index is 10.4. The minimum atomic E-state index is -1.62. The molecule has 4 rings (SSSR count). The molecule has 0 atom stereocenters. The van der Waals surface area contributed by atoms with E-state index < -0.39 is 14.8 Å². The van der Waals surface area contributed by atoms with Crippen molar-refractivity contribution in [3.63, 3.8) is 0 Å². The Morgan fingerprint density at radius 2 is 1.35 bits per heavy atom. The molecule has 0 fully saturated rings. The molecule has 2 heterocycles. The van der Waals surface area contributed by atoms with Crippen LogP contribution in [0, 0.1) is 6.92 Å². The van der Waals surface area contributed by atoms with Crippen LogP contribution in [-0.2, 0) is 7.67 Å². The van der Waals surface area contributed by atoms with Crippen LogP contribution in [0.2, 0.25) is 0 Å². The Hall–Kier alpha value is -2.95. The van der Waals surface area contributed by atoms with Crippen molar-refractivity contribution in [2.24, 2.45) is 0 Å². The molecular formula is C20H16N2O3Se. The fourth-order valence-corrected chi connectivity index (χ4v) is 2.36. The molecule has 130 valence electrons. The third-order valence-corrected chi connectivity index (χ3v) is 3.52. The second-order valence-corrected chi connectivity index (χ2v) is 5.63. The molecule has 5 nitrogen and oxygen atoms in total. The summed E-state index contributed by atoms with van der Waals surface area (Å²) in [5.74, 6) is 0. The van der Waals surface area contributed by atoms with Gasteiger partial charge in [0.05, 0.1) is 11.0 Å². The molecule has 0 N–H and O–H groups in total. The van der Waals surface area contributed by atoms with Gasteiger partial charge in [-0.15, -0.1) is 0 Å². The predicted octanol–water partition coefficient (Wildman–Crippen LogP) is 3.97. The monoisotopic (exact) mass is 412 g/mol. The summed E-state index contributed by atoms with van der Waals surface area (Å²) in [6, 6.07) is 19.5. The number of aldehydes is 1. The molecule has 0 aliphatic rings. The van der Waals surface area contributed by atoms with Crippen molar-refractivity contribution >= 4 is 42.9 Å². The molecule has 0 amide bonds. The Morgan fingerprint density at radius 3 is 1.92 bits per heavy atom. The van der Waals surface area contributed by atoms with Crippen LogP contribution in [0.3, 0.4) is 0 Å². The van der Waals surface area contributed by atoms with E-state index in [-0.39, 0.29) is 0 Å². The Bertz CT molecular complexity index is 1060. The number of carbonyl (C=O) groups excluding carboxylic acids is 1. The van der Waals surface area contributed by atoms with E-state index in [1.807, 2.05) is 42.6 Å². The van der Waals surface area contributed by atoms with Crippen LogP contribution < -0.4 is 0 Å². The van der Waals surface area contributed by atoms with Crippen molar-refractivity contribution in [2.75, 3.05) is 0 Å². The van der Waals surface area contributed by atoms with E-state index in [1.165, 1.54) is 10.9 Å². The molecule has 0 spiro atoms. The topological polar surface area (TPSA) is 77.0 Å². The second kappa shape index (κ2) is 10.1. The maximum absolute atomic E-state index is 10.4. The zero-order valence-electron chi connectivity index (χ0n) is 14.0. The number of nitrogens with zero attached hydrogens (tertiary/aromatic N) is 2. The number of aromatic nitrogens is 2. The summed E-state index contributed by atoms with van der Waals surface area (Å²) in [4.78, 5) is 18.8. The predicted molar refractivity (Wildman–Crippen MR) is 101 cm³/mol. The van der Waals surface area contributed by atoms with Gasteiger partial charge < -0.3 is 0 Å². The summed E-state index contributed by atoms with van der Waals surface area (Å²) in [7, 11) is 0. The van der Waals surface area contributed by atoms with Gasteiger partial charge in [-0.05, 0) is 49.4 Å². The van der Waals surface area contributed by atoms with Crippen LogP contribution in [0.5, 0.6) is 0 Å². The van der Waals surface area contributed by atoms with Crippen LogP contribution in [0.4, 0.5) is 0 Å². The summed E-state index contributed by atoms with van der Waals surface area (Å²) >= 11 is -1.62. The molecule has 0 radical (unpaired) electrons. The molecule has 0 unspecified atom stereocenters. The summed E-state index contributed by atoms with van der Waals surface area (Å²) < 4.78 is 16.9. The van der Waals surface area contributed by atoms with Crippen molar-refractivity contribution in [2.45, 2.75) is 6.92 Å². The Balaban J connectivity index is 0.000000163. The Kier molecular flexibility index (Phi) is 7.55. The summed E-state index contributed by atoms with van der Waals surface area (Å²) in [6.45, 7) is 2.09. The molecule has 2 aromatic heterocycles. The van der Waals surface area contributed by atoms with E-state index >= 15 is 0 Å². The molecular weight excluding hydrogens is 395 g/mol. The van der Waals surface area contributed by atoms with Gasteiger partial charge in [-0.3, -0.25) is 14.8 Å². The molecule has 0 bridgehead atoms. The van der Waals surface area contributed by atoms with Gasteiger partial charge in [-0.2, -0.15) is 0 Å². The molecule has 2 aromatic carbocycles. The Morgan fingerprint density at radius 1 is 0.808 bits per heavy atom. The quantitative estimate of drug-likeness (QED) is 0.350. The van der Waals surface area contributed by atoms with Gasteiger partial charge >= 0.3 is 22.5 Å². The normalized spacial score (nSPS) is 9.42. The van der Waals surface area contributed by atoms with E-state index in [0.717, 1.165) is 22.7 Å². The number of benzene rings is 2. The number of hydrogen-bond acceptors (Lipinski definition) is 5. The van der Waals surface area contributed by atoms with Crippen molar-refractivity contribution in [3.05, 3.63) is 84.2 Å². The van der Waals surface area contributed by atoms with E-state index in [0.29, 0.717) is 5.56 Å². The first-order valence-corrected chi connectivity index (χ1v) is 9.11. The van der Waals surface area contributed by atoms with Gasteiger partial charge in [0.25, 0.3) is 0 Å². The average molecular weight is 411 g/mol. The van der Waals surface area contributed by atoms with Crippen molar-refractivity contribution in [1.29, 1.82) is 0 Å². The number of rotatable bonds is 1. The van der Waals surface area contributed by atoms with Gasteiger partial charge in [0.2, 0.25) is 0 Å². The molecule has 4 aromatic rings. The number of hydrogen-bond donors (Lipinski definition) is 0. The van der Waals surface area contributed by atoms with Crippen LogP contribution >= 0.6 is 0 Å². The van der Waals surface area contributed by atoms with Crippen molar-refractivity contribution in [3.8, 4) is 0 Å². The summed E-state index contributed by atoms with van der Waals surface area (Å²) in [5.41, 5.74) is 3.96. The third kappa shape index (κ3) is 5.55. The first-order chi connectivity index (χ1) is 12.7. The molecule has 26 heavy (non-hydrogen) atoms. The van der Waals surface area contributed by atoms with Gasteiger partial charge in [-0.25, -0.2) is 0 Å². The number of pyridine rings is 2. The van der Waals surface area contributed by atoms with Crippen molar-refractivity contribution in [1.82, 2.24) is 9.97 Å². The first-order valence-electron chi connectivity index (χ1n) is 7.71. The number of carbonyl (C=O) groups is 1. The van der Waals surface area contributed by atoms with E-state index in [2.05, 4.69) is 35.1 Å². The van der Waals surface area contributed by atoms with Gasteiger partial charge in [-0.1, -0.05) is 23.8 Å². The molecule has 0 aliphatic heterocycles. The van der Waals surface area contributed by atoms with Gasteiger partial charge in [0.1, 0.15) is 6.29 Å².